The summed E-state index contributed by atoms with van der Waals surface area (Å²) < 4.78 is 36.2. The zero-order chi connectivity index (χ0) is 14.5. The largest absolute Gasteiger partial charge is 0.390 e. The van der Waals surface area contributed by atoms with Crippen molar-refractivity contribution in [3.63, 3.8) is 0 Å². The molecule has 0 aliphatic heterocycles. The van der Waals surface area contributed by atoms with Gasteiger partial charge >= 0.3 is 6.18 Å². The lowest BCUT2D eigenvalue weighted by Crippen LogP contribution is -2.37. The van der Waals surface area contributed by atoms with E-state index in [9.17, 15) is 18.0 Å². The van der Waals surface area contributed by atoms with E-state index in [2.05, 4.69) is 10.6 Å². The average molecular weight is 295 g/mol. The van der Waals surface area contributed by atoms with E-state index in [1.54, 1.807) is 24.3 Å². The zero-order valence-electron chi connectivity index (χ0n) is 10.2. The van der Waals surface area contributed by atoms with Gasteiger partial charge in [0.25, 0.3) is 0 Å². The molecule has 0 radical (unpaired) electrons. The first-order valence-corrected chi connectivity index (χ1v) is 6.00. The zero-order valence-corrected chi connectivity index (χ0v) is 11.0. The topological polar surface area (TPSA) is 41.1 Å². The van der Waals surface area contributed by atoms with Gasteiger partial charge in [0.2, 0.25) is 5.91 Å². The van der Waals surface area contributed by atoms with Crippen LogP contribution in [-0.4, -0.2) is 24.7 Å². The van der Waals surface area contributed by atoms with E-state index in [4.69, 9.17) is 11.6 Å². The van der Waals surface area contributed by atoms with Crippen LogP contribution in [0, 0.1) is 0 Å². The first kappa shape index (κ1) is 15.8. The summed E-state index contributed by atoms with van der Waals surface area (Å²) in [6.45, 7) is 1.17. The molecule has 0 aliphatic rings. The van der Waals surface area contributed by atoms with Crippen LogP contribution in [0.2, 0.25) is 5.02 Å². The van der Waals surface area contributed by atoms with Crippen molar-refractivity contribution in [1.29, 1.82) is 0 Å². The molecule has 0 aromatic heterocycles. The monoisotopic (exact) mass is 294 g/mol. The second-order valence-corrected chi connectivity index (χ2v) is 4.54. The van der Waals surface area contributed by atoms with Crippen LogP contribution in [0.25, 0.3) is 0 Å². The summed E-state index contributed by atoms with van der Waals surface area (Å²) >= 11 is 5.83. The number of amides is 1. The highest BCUT2D eigenvalue weighted by Crippen LogP contribution is 2.21. The quantitative estimate of drug-likeness (QED) is 0.875. The molecule has 0 bridgehead atoms. The number of para-hydroxylation sites is 1. The second-order valence-electron chi connectivity index (χ2n) is 4.13. The van der Waals surface area contributed by atoms with Crippen molar-refractivity contribution in [2.45, 2.75) is 25.6 Å². The van der Waals surface area contributed by atoms with Crippen LogP contribution in [0.15, 0.2) is 24.3 Å². The number of hydrogen-bond donors (Lipinski definition) is 2. The molecule has 0 spiro atoms. The Morgan fingerprint density at radius 1 is 1.37 bits per heavy atom. The second kappa shape index (κ2) is 6.77. The smallest absolute Gasteiger partial charge is 0.324 e. The molecule has 1 unspecified atom stereocenters. The molecule has 1 atom stereocenters. The van der Waals surface area contributed by atoms with E-state index in [0.29, 0.717) is 10.7 Å². The first-order valence-electron chi connectivity index (χ1n) is 5.62. The number of carbonyl (C=O) groups excluding carboxylic acids is 1. The van der Waals surface area contributed by atoms with E-state index in [1.807, 2.05) is 0 Å². The Morgan fingerprint density at radius 2 is 2.00 bits per heavy atom. The van der Waals surface area contributed by atoms with E-state index in [-0.39, 0.29) is 6.54 Å². The van der Waals surface area contributed by atoms with Gasteiger partial charge in [0.05, 0.1) is 23.7 Å². The molecular weight excluding hydrogens is 281 g/mol. The number of hydrogen-bond acceptors (Lipinski definition) is 2. The highest BCUT2D eigenvalue weighted by molar-refractivity contribution is 6.33. The third-order valence-electron chi connectivity index (χ3n) is 2.30. The maximum absolute atomic E-state index is 12.1. The van der Waals surface area contributed by atoms with Gasteiger partial charge in [0.15, 0.2) is 0 Å². The lowest BCUT2D eigenvalue weighted by molar-refractivity contribution is -0.139. The molecule has 1 amide bonds. The van der Waals surface area contributed by atoms with Gasteiger partial charge in [-0.1, -0.05) is 23.7 Å². The predicted molar refractivity (Wildman–Crippen MR) is 68.2 cm³/mol. The number of halogens is 4. The fourth-order valence-electron chi connectivity index (χ4n) is 1.44. The standard InChI is InChI=1S/C12H14ClF3N2O/c1-8(6-12(14,15)16)17-7-11(19)18-10-5-3-2-4-9(10)13/h2-5,8,17H,6-7H2,1H3,(H,18,19). The van der Waals surface area contributed by atoms with Crippen molar-refractivity contribution in [2.75, 3.05) is 11.9 Å². The molecule has 2 N–H and O–H groups in total. The van der Waals surface area contributed by atoms with E-state index in [0.717, 1.165) is 0 Å². The maximum Gasteiger partial charge on any atom is 0.390 e. The molecular formula is C12H14ClF3N2O. The molecule has 3 nitrogen and oxygen atoms in total. The molecule has 0 fully saturated rings. The van der Waals surface area contributed by atoms with Crippen LogP contribution in [-0.2, 0) is 4.79 Å². The van der Waals surface area contributed by atoms with Crippen LogP contribution in [0.1, 0.15) is 13.3 Å². The van der Waals surface area contributed by atoms with Crippen molar-refractivity contribution >= 4 is 23.2 Å². The molecule has 1 aromatic rings. The van der Waals surface area contributed by atoms with Crippen LogP contribution < -0.4 is 10.6 Å². The van der Waals surface area contributed by atoms with Crippen molar-refractivity contribution in [1.82, 2.24) is 5.32 Å². The maximum atomic E-state index is 12.1. The number of rotatable bonds is 5. The summed E-state index contributed by atoms with van der Waals surface area (Å²) in [5.41, 5.74) is 0.430. The summed E-state index contributed by atoms with van der Waals surface area (Å²) in [7, 11) is 0. The van der Waals surface area contributed by atoms with Crippen molar-refractivity contribution < 1.29 is 18.0 Å². The van der Waals surface area contributed by atoms with Gasteiger partial charge in [-0.15, -0.1) is 0 Å². The van der Waals surface area contributed by atoms with Crippen LogP contribution in [0.5, 0.6) is 0 Å². The van der Waals surface area contributed by atoms with Gasteiger partial charge in [-0.05, 0) is 19.1 Å². The molecule has 1 rings (SSSR count). The fourth-order valence-corrected chi connectivity index (χ4v) is 1.63. The van der Waals surface area contributed by atoms with Gasteiger partial charge in [0.1, 0.15) is 0 Å². The lowest BCUT2D eigenvalue weighted by atomic mass is 10.2. The van der Waals surface area contributed by atoms with Gasteiger partial charge in [-0.3, -0.25) is 4.79 Å². The Hall–Kier alpha value is -1.27. The van der Waals surface area contributed by atoms with Crippen molar-refractivity contribution in [3.8, 4) is 0 Å². The van der Waals surface area contributed by atoms with Gasteiger partial charge in [-0.25, -0.2) is 0 Å². The number of benzene rings is 1. The molecule has 1 aromatic carbocycles. The number of carbonyl (C=O) groups is 1. The van der Waals surface area contributed by atoms with Gasteiger partial charge in [0, 0.05) is 6.04 Å². The lowest BCUT2D eigenvalue weighted by Gasteiger charge is -2.15. The summed E-state index contributed by atoms with van der Waals surface area (Å²) in [5, 5.41) is 5.39. The Balaban J connectivity index is 2.38. The molecule has 7 heteroatoms. The number of nitrogens with one attached hydrogen (secondary N) is 2. The normalized spacial score (nSPS) is 13.1. The molecule has 0 aliphatic carbocycles. The van der Waals surface area contributed by atoms with E-state index < -0.39 is 24.5 Å². The summed E-state index contributed by atoms with van der Waals surface area (Å²) in [4.78, 5) is 11.5. The first-order chi connectivity index (χ1) is 8.78. The number of alkyl halides is 3. The Kier molecular flexibility index (Phi) is 5.62. The molecule has 0 saturated heterocycles. The minimum Gasteiger partial charge on any atom is -0.324 e. The molecule has 19 heavy (non-hydrogen) atoms. The summed E-state index contributed by atoms with van der Waals surface area (Å²) in [6.07, 6.45) is -5.22. The van der Waals surface area contributed by atoms with Gasteiger partial charge < -0.3 is 10.6 Å². The average Bonchev–Trinajstić information content (AvgIpc) is 2.27. The Morgan fingerprint density at radius 3 is 2.58 bits per heavy atom. The van der Waals surface area contributed by atoms with Crippen molar-refractivity contribution in [3.05, 3.63) is 29.3 Å². The van der Waals surface area contributed by atoms with Crippen LogP contribution in [0.3, 0.4) is 0 Å². The molecule has 0 saturated carbocycles. The Bertz CT molecular complexity index is 437. The fraction of sp³-hybridized carbons (Fsp3) is 0.417. The van der Waals surface area contributed by atoms with Gasteiger partial charge in [-0.2, -0.15) is 13.2 Å². The van der Waals surface area contributed by atoms with E-state index in [1.165, 1.54) is 6.92 Å². The Labute approximate surface area is 114 Å². The van der Waals surface area contributed by atoms with Crippen molar-refractivity contribution in [2.24, 2.45) is 0 Å². The third-order valence-corrected chi connectivity index (χ3v) is 2.63. The number of anilines is 1. The predicted octanol–water partition coefficient (Wildman–Crippen LogP) is 3.21. The SMILES string of the molecule is CC(CC(F)(F)F)NCC(=O)Nc1ccccc1Cl. The van der Waals surface area contributed by atoms with E-state index >= 15 is 0 Å². The van der Waals surface area contributed by atoms with Crippen LogP contribution in [0.4, 0.5) is 18.9 Å². The minimum absolute atomic E-state index is 0.206. The summed E-state index contributed by atoms with van der Waals surface area (Å²) in [6, 6.07) is 5.80. The highest BCUT2D eigenvalue weighted by Gasteiger charge is 2.29. The third kappa shape index (κ3) is 6.45. The van der Waals surface area contributed by atoms with Crippen LogP contribution >= 0.6 is 11.6 Å². The molecule has 106 valence electrons. The molecule has 0 heterocycles. The minimum atomic E-state index is -4.24. The highest BCUT2D eigenvalue weighted by atomic mass is 35.5. The summed E-state index contributed by atoms with van der Waals surface area (Å²) in [5.74, 6) is -0.442.